The number of rotatable bonds is 6. The highest BCUT2D eigenvalue weighted by Gasteiger charge is 2.04. The lowest BCUT2D eigenvalue weighted by molar-refractivity contribution is -0.159. The van der Waals surface area contributed by atoms with Crippen LogP contribution in [0.5, 0.6) is 0 Å². The van der Waals surface area contributed by atoms with Gasteiger partial charge in [-0.05, 0) is 24.0 Å². The number of methoxy groups -OCH3 is 1. The maximum atomic E-state index is 9.10. The van der Waals surface area contributed by atoms with Gasteiger partial charge in [0.2, 0.25) is 0 Å². The molecule has 0 aliphatic heterocycles. The zero-order chi connectivity index (χ0) is 15.4. The number of benzene rings is 1. The Morgan fingerprint density at radius 3 is 2.15 bits per heavy atom. The SMILES string of the molecule is COCCNCc1ccc(SC)cc1.O=C(O)C(=O)O. The molecule has 112 valence electrons. The lowest BCUT2D eigenvalue weighted by atomic mass is 10.2. The second-order valence-electron chi connectivity index (χ2n) is 3.63. The van der Waals surface area contributed by atoms with Gasteiger partial charge in [0.1, 0.15) is 0 Å². The molecule has 1 rings (SSSR count). The summed E-state index contributed by atoms with van der Waals surface area (Å²) in [7, 11) is 1.72. The average Bonchev–Trinajstić information content (AvgIpc) is 2.45. The number of carboxylic acids is 2. The van der Waals surface area contributed by atoms with Crippen molar-refractivity contribution in [3.8, 4) is 0 Å². The van der Waals surface area contributed by atoms with Crippen LogP contribution < -0.4 is 5.32 Å². The highest BCUT2D eigenvalue weighted by molar-refractivity contribution is 7.98. The van der Waals surface area contributed by atoms with E-state index in [0.29, 0.717) is 0 Å². The van der Waals surface area contributed by atoms with Crippen molar-refractivity contribution in [3.63, 3.8) is 0 Å². The van der Waals surface area contributed by atoms with Gasteiger partial charge in [0.15, 0.2) is 0 Å². The van der Waals surface area contributed by atoms with E-state index in [1.54, 1.807) is 18.9 Å². The van der Waals surface area contributed by atoms with Crippen molar-refractivity contribution >= 4 is 23.7 Å². The molecule has 0 aliphatic rings. The van der Waals surface area contributed by atoms with Gasteiger partial charge in [-0.3, -0.25) is 0 Å². The predicted octanol–water partition coefficient (Wildman–Crippen LogP) is 1.30. The molecular formula is C13H19NO5S. The summed E-state index contributed by atoms with van der Waals surface area (Å²) < 4.78 is 4.95. The molecule has 0 fully saturated rings. The molecule has 1 aromatic carbocycles. The Labute approximate surface area is 122 Å². The lowest BCUT2D eigenvalue weighted by Gasteiger charge is -2.04. The molecule has 0 aromatic heterocycles. The molecule has 1 aromatic rings. The highest BCUT2D eigenvalue weighted by atomic mass is 32.2. The Bertz CT molecular complexity index is 396. The van der Waals surface area contributed by atoms with E-state index in [1.165, 1.54) is 10.5 Å². The normalized spacial score (nSPS) is 9.50. The Morgan fingerprint density at radius 1 is 1.20 bits per heavy atom. The largest absolute Gasteiger partial charge is 0.473 e. The quantitative estimate of drug-likeness (QED) is 0.414. The van der Waals surface area contributed by atoms with Crippen LogP contribution in [0.15, 0.2) is 29.2 Å². The van der Waals surface area contributed by atoms with E-state index < -0.39 is 11.9 Å². The van der Waals surface area contributed by atoms with Crippen molar-refractivity contribution in [2.45, 2.75) is 11.4 Å². The zero-order valence-electron chi connectivity index (χ0n) is 11.5. The third-order valence-electron chi connectivity index (χ3n) is 2.15. The standard InChI is InChI=1S/C11H17NOS.C2H2O4/c1-13-8-7-12-9-10-3-5-11(14-2)6-4-10;3-1(4)2(5)6/h3-6,12H,7-9H2,1-2H3;(H,3,4)(H,5,6). The molecule has 0 heterocycles. The first-order valence-electron chi connectivity index (χ1n) is 5.80. The Kier molecular flexibility index (Phi) is 10.4. The molecular weight excluding hydrogens is 282 g/mol. The van der Waals surface area contributed by atoms with Gasteiger partial charge in [0.05, 0.1) is 6.61 Å². The molecule has 0 spiro atoms. The van der Waals surface area contributed by atoms with E-state index in [0.717, 1.165) is 19.7 Å². The summed E-state index contributed by atoms with van der Waals surface area (Å²) in [5, 5.41) is 18.1. The summed E-state index contributed by atoms with van der Waals surface area (Å²) in [5.41, 5.74) is 1.32. The van der Waals surface area contributed by atoms with Crippen LogP contribution in [-0.4, -0.2) is 48.7 Å². The first-order valence-corrected chi connectivity index (χ1v) is 7.02. The van der Waals surface area contributed by atoms with Crippen molar-refractivity contribution in [2.75, 3.05) is 26.5 Å². The minimum Gasteiger partial charge on any atom is -0.473 e. The van der Waals surface area contributed by atoms with Crippen molar-refractivity contribution in [2.24, 2.45) is 0 Å². The van der Waals surface area contributed by atoms with Crippen molar-refractivity contribution in [1.82, 2.24) is 5.32 Å². The van der Waals surface area contributed by atoms with Crippen LogP contribution in [0.1, 0.15) is 5.56 Å². The van der Waals surface area contributed by atoms with Gasteiger partial charge in [-0.25, -0.2) is 9.59 Å². The highest BCUT2D eigenvalue weighted by Crippen LogP contribution is 2.14. The molecule has 6 nitrogen and oxygen atoms in total. The smallest absolute Gasteiger partial charge is 0.414 e. The molecule has 7 heteroatoms. The van der Waals surface area contributed by atoms with Crippen LogP contribution in [0.4, 0.5) is 0 Å². The number of thioether (sulfide) groups is 1. The van der Waals surface area contributed by atoms with Crippen LogP contribution in [-0.2, 0) is 20.9 Å². The molecule has 0 saturated carbocycles. The zero-order valence-corrected chi connectivity index (χ0v) is 12.3. The fourth-order valence-electron chi connectivity index (χ4n) is 1.15. The van der Waals surface area contributed by atoms with E-state index in [-0.39, 0.29) is 0 Å². The first-order chi connectivity index (χ1) is 9.51. The summed E-state index contributed by atoms with van der Waals surface area (Å²) in [6, 6.07) is 8.62. The summed E-state index contributed by atoms with van der Waals surface area (Å²) in [5.74, 6) is -3.65. The van der Waals surface area contributed by atoms with Crippen LogP contribution in [0.3, 0.4) is 0 Å². The van der Waals surface area contributed by atoms with Gasteiger partial charge in [-0.15, -0.1) is 11.8 Å². The topological polar surface area (TPSA) is 95.9 Å². The van der Waals surface area contributed by atoms with Gasteiger partial charge in [0, 0.05) is 25.1 Å². The molecule has 20 heavy (non-hydrogen) atoms. The van der Waals surface area contributed by atoms with Crippen LogP contribution in [0, 0.1) is 0 Å². The van der Waals surface area contributed by atoms with Crippen LogP contribution >= 0.6 is 11.8 Å². The molecule has 0 atom stereocenters. The van der Waals surface area contributed by atoms with E-state index in [1.807, 2.05) is 0 Å². The van der Waals surface area contributed by atoms with Gasteiger partial charge >= 0.3 is 11.9 Å². The van der Waals surface area contributed by atoms with E-state index >= 15 is 0 Å². The fourth-order valence-corrected chi connectivity index (χ4v) is 1.56. The second-order valence-corrected chi connectivity index (χ2v) is 4.51. The first kappa shape index (κ1) is 18.4. The number of hydrogen-bond acceptors (Lipinski definition) is 5. The number of carboxylic acid groups (broad SMARTS) is 2. The Morgan fingerprint density at radius 2 is 1.75 bits per heavy atom. The summed E-state index contributed by atoms with van der Waals surface area (Å²) in [6.07, 6.45) is 2.09. The minimum atomic E-state index is -1.82. The summed E-state index contributed by atoms with van der Waals surface area (Å²) in [6.45, 7) is 2.59. The van der Waals surface area contributed by atoms with Crippen molar-refractivity contribution in [3.05, 3.63) is 29.8 Å². The number of ether oxygens (including phenoxy) is 1. The Hall–Kier alpha value is -1.57. The molecule has 0 unspecified atom stereocenters. The molecule has 0 saturated heterocycles. The fraction of sp³-hybridized carbons (Fsp3) is 0.385. The number of aliphatic carboxylic acids is 2. The number of hydrogen-bond donors (Lipinski definition) is 3. The van der Waals surface area contributed by atoms with Crippen LogP contribution in [0.25, 0.3) is 0 Å². The Balaban J connectivity index is 0.000000511. The number of nitrogens with one attached hydrogen (secondary N) is 1. The second kappa shape index (κ2) is 11.3. The van der Waals surface area contributed by atoms with Gasteiger partial charge in [0.25, 0.3) is 0 Å². The molecule has 0 aliphatic carbocycles. The molecule has 0 radical (unpaired) electrons. The lowest BCUT2D eigenvalue weighted by Crippen LogP contribution is -2.18. The third-order valence-corrected chi connectivity index (χ3v) is 2.90. The predicted molar refractivity (Wildman–Crippen MR) is 77.1 cm³/mol. The average molecular weight is 301 g/mol. The molecule has 0 bridgehead atoms. The summed E-state index contributed by atoms with van der Waals surface area (Å²) in [4.78, 5) is 19.5. The van der Waals surface area contributed by atoms with Gasteiger partial charge < -0.3 is 20.3 Å². The molecule has 3 N–H and O–H groups in total. The van der Waals surface area contributed by atoms with Crippen molar-refractivity contribution < 1.29 is 24.5 Å². The maximum absolute atomic E-state index is 9.10. The van der Waals surface area contributed by atoms with E-state index in [9.17, 15) is 0 Å². The van der Waals surface area contributed by atoms with Gasteiger partial charge in [-0.2, -0.15) is 0 Å². The van der Waals surface area contributed by atoms with Gasteiger partial charge in [-0.1, -0.05) is 12.1 Å². The molecule has 0 amide bonds. The third kappa shape index (κ3) is 9.37. The van der Waals surface area contributed by atoms with Crippen LogP contribution in [0.2, 0.25) is 0 Å². The summed E-state index contributed by atoms with van der Waals surface area (Å²) >= 11 is 1.77. The van der Waals surface area contributed by atoms with E-state index in [4.69, 9.17) is 24.5 Å². The van der Waals surface area contributed by atoms with Crippen molar-refractivity contribution in [1.29, 1.82) is 0 Å². The monoisotopic (exact) mass is 301 g/mol. The minimum absolute atomic E-state index is 0.767. The van der Waals surface area contributed by atoms with E-state index in [2.05, 4.69) is 35.8 Å². The maximum Gasteiger partial charge on any atom is 0.414 e. The number of carbonyl (C=O) groups is 2.